The lowest BCUT2D eigenvalue weighted by atomic mass is 9.78. The molecular formula is C22H31N3O2. The van der Waals surface area contributed by atoms with Crippen LogP contribution in [-0.2, 0) is 4.79 Å². The average molecular weight is 370 g/mol. The number of piperidine rings is 1. The molecule has 5 heteroatoms. The molecule has 2 bridgehead atoms. The van der Waals surface area contributed by atoms with E-state index in [1.165, 1.54) is 25.7 Å². The minimum absolute atomic E-state index is 0.0464. The van der Waals surface area contributed by atoms with Crippen molar-refractivity contribution in [1.29, 1.82) is 0 Å². The molecule has 2 aliphatic heterocycles. The monoisotopic (exact) mass is 369 g/mol. The summed E-state index contributed by atoms with van der Waals surface area (Å²) in [5.41, 5.74) is 1.19. The molecule has 0 radical (unpaired) electrons. The highest BCUT2D eigenvalue weighted by molar-refractivity contribution is 5.76. The Morgan fingerprint density at radius 3 is 2.85 bits per heavy atom. The molecule has 27 heavy (non-hydrogen) atoms. The molecule has 4 rings (SSSR count). The predicted molar refractivity (Wildman–Crippen MR) is 107 cm³/mol. The van der Waals surface area contributed by atoms with Crippen molar-refractivity contribution in [3.63, 3.8) is 0 Å². The Morgan fingerprint density at radius 2 is 2.07 bits per heavy atom. The molecule has 0 unspecified atom stereocenters. The van der Waals surface area contributed by atoms with E-state index in [1.54, 1.807) is 6.07 Å². The standard InChI is InChI=1S/C22H31N3O2/c1-2-10-24-14-17-12-18(15-24)20(25-19(17)8-5-9-22(25)27)13-23-21(26)11-16-6-3-4-7-16/h2,5,8-9,16-18,20H,1,3-4,6-7,10-15H2,(H,23,26)/t17-,18+,20+/m1/s1. The zero-order valence-corrected chi connectivity index (χ0v) is 16.1. The van der Waals surface area contributed by atoms with Crippen LogP contribution in [0.25, 0.3) is 0 Å². The maximum atomic E-state index is 12.7. The molecule has 1 aromatic heterocycles. The van der Waals surface area contributed by atoms with E-state index < -0.39 is 0 Å². The van der Waals surface area contributed by atoms with Gasteiger partial charge in [-0.25, -0.2) is 0 Å². The van der Waals surface area contributed by atoms with E-state index in [-0.39, 0.29) is 17.5 Å². The third kappa shape index (κ3) is 3.88. The van der Waals surface area contributed by atoms with Gasteiger partial charge in [-0.2, -0.15) is 0 Å². The van der Waals surface area contributed by atoms with Crippen molar-refractivity contribution in [3.8, 4) is 0 Å². The summed E-state index contributed by atoms with van der Waals surface area (Å²) in [6.07, 6.45) is 8.56. The summed E-state index contributed by atoms with van der Waals surface area (Å²) in [5.74, 6) is 1.48. The minimum Gasteiger partial charge on any atom is -0.354 e. The molecule has 2 fully saturated rings. The molecule has 0 spiro atoms. The van der Waals surface area contributed by atoms with Gasteiger partial charge in [0.15, 0.2) is 0 Å². The Bertz CT molecular complexity index is 750. The van der Waals surface area contributed by atoms with E-state index in [4.69, 9.17) is 0 Å². The van der Waals surface area contributed by atoms with Gasteiger partial charge in [-0.1, -0.05) is 25.0 Å². The van der Waals surface area contributed by atoms with Crippen LogP contribution in [0.5, 0.6) is 0 Å². The van der Waals surface area contributed by atoms with Crippen LogP contribution in [0.1, 0.15) is 56.2 Å². The van der Waals surface area contributed by atoms with Crippen LogP contribution in [-0.4, -0.2) is 41.6 Å². The topological polar surface area (TPSA) is 54.3 Å². The molecule has 146 valence electrons. The van der Waals surface area contributed by atoms with Gasteiger partial charge in [0, 0.05) is 50.3 Å². The highest BCUT2D eigenvalue weighted by Crippen LogP contribution is 2.40. The third-order valence-electron chi connectivity index (χ3n) is 6.72. The quantitative estimate of drug-likeness (QED) is 0.785. The van der Waals surface area contributed by atoms with Crippen LogP contribution < -0.4 is 10.9 Å². The number of likely N-dealkylation sites (tertiary alicyclic amines) is 1. The van der Waals surface area contributed by atoms with Gasteiger partial charge in [0.25, 0.3) is 5.56 Å². The number of nitrogens with zero attached hydrogens (tertiary/aromatic N) is 2. The van der Waals surface area contributed by atoms with Crippen LogP contribution in [0, 0.1) is 11.8 Å². The SMILES string of the molecule is C=CCN1C[C@H]2C[C@@H](C1)[C@H](CNC(=O)CC1CCCC1)n1c2cccc1=O. The van der Waals surface area contributed by atoms with Crippen molar-refractivity contribution in [1.82, 2.24) is 14.8 Å². The van der Waals surface area contributed by atoms with Gasteiger partial charge in [-0.05, 0) is 37.2 Å². The van der Waals surface area contributed by atoms with E-state index in [9.17, 15) is 9.59 Å². The van der Waals surface area contributed by atoms with Crippen LogP contribution in [0.3, 0.4) is 0 Å². The summed E-state index contributed by atoms with van der Waals surface area (Å²) >= 11 is 0. The molecule has 1 amide bonds. The first-order valence-corrected chi connectivity index (χ1v) is 10.5. The van der Waals surface area contributed by atoms with Crippen LogP contribution >= 0.6 is 0 Å². The molecule has 1 aliphatic carbocycles. The first-order valence-electron chi connectivity index (χ1n) is 10.5. The zero-order valence-electron chi connectivity index (χ0n) is 16.1. The maximum Gasteiger partial charge on any atom is 0.251 e. The van der Waals surface area contributed by atoms with Gasteiger partial charge in [0.1, 0.15) is 0 Å². The maximum absolute atomic E-state index is 12.7. The van der Waals surface area contributed by atoms with Gasteiger partial charge >= 0.3 is 0 Å². The summed E-state index contributed by atoms with van der Waals surface area (Å²) < 4.78 is 1.97. The number of pyridine rings is 1. The Morgan fingerprint density at radius 1 is 1.26 bits per heavy atom. The molecule has 1 N–H and O–H groups in total. The minimum atomic E-state index is 0.0464. The lowest BCUT2D eigenvalue weighted by Gasteiger charge is -2.46. The van der Waals surface area contributed by atoms with Crippen molar-refractivity contribution >= 4 is 5.91 Å². The van der Waals surface area contributed by atoms with Crippen LogP contribution in [0.4, 0.5) is 0 Å². The summed E-state index contributed by atoms with van der Waals surface area (Å²) in [6.45, 7) is 7.26. The van der Waals surface area contributed by atoms with Gasteiger partial charge in [-0.15, -0.1) is 6.58 Å². The lowest BCUT2D eigenvalue weighted by Crippen LogP contribution is -2.52. The molecule has 5 nitrogen and oxygen atoms in total. The van der Waals surface area contributed by atoms with E-state index in [0.717, 1.165) is 31.7 Å². The first kappa shape index (κ1) is 18.5. The number of nitrogens with one attached hydrogen (secondary N) is 1. The molecule has 3 aliphatic rings. The van der Waals surface area contributed by atoms with Crippen molar-refractivity contribution in [2.24, 2.45) is 11.8 Å². The van der Waals surface area contributed by atoms with Crippen LogP contribution in [0.2, 0.25) is 0 Å². The number of carbonyl (C=O) groups is 1. The number of hydrogen-bond acceptors (Lipinski definition) is 3. The number of amides is 1. The molecule has 3 atom stereocenters. The fourth-order valence-corrected chi connectivity index (χ4v) is 5.50. The van der Waals surface area contributed by atoms with Crippen molar-refractivity contribution in [2.45, 2.75) is 50.5 Å². The number of carbonyl (C=O) groups excluding carboxylic acids is 1. The number of aromatic nitrogens is 1. The van der Waals surface area contributed by atoms with E-state index >= 15 is 0 Å². The molecule has 1 saturated carbocycles. The van der Waals surface area contributed by atoms with Crippen molar-refractivity contribution in [3.05, 3.63) is 46.9 Å². The second kappa shape index (κ2) is 8.01. The second-order valence-corrected chi connectivity index (χ2v) is 8.58. The normalized spacial score (nSPS) is 27.9. The summed E-state index contributed by atoms with van der Waals surface area (Å²) in [5, 5.41) is 3.16. The Balaban J connectivity index is 1.51. The van der Waals surface area contributed by atoms with Crippen molar-refractivity contribution in [2.75, 3.05) is 26.2 Å². The largest absolute Gasteiger partial charge is 0.354 e. The zero-order chi connectivity index (χ0) is 18.8. The first-order chi connectivity index (χ1) is 13.2. The van der Waals surface area contributed by atoms with E-state index in [0.29, 0.717) is 30.7 Å². The van der Waals surface area contributed by atoms with E-state index in [2.05, 4.69) is 22.9 Å². The van der Waals surface area contributed by atoms with E-state index in [1.807, 2.05) is 16.7 Å². The smallest absolute Gasteiger partial charge is 0.251 e. The van der Waals surface area contributed by atoms with Crippen LogP contribution in [0.15, 0.2) is 35.6 Å². The molecule has 1 saturated heterocycles. The van der Waals surface area contributed by atoms with Gasteiger partial charge in [0.2, 0.25) is 5.91 Å². The highest BCUT2D eigenvalue weighted by Gasteiger charge is 2.40. The lowest BCUT2D eigenvalue weighted by molar-refractivity contribution is -0.122. The number of fused-ring (bicyclic) bond motifs is 4. The van der Waals surface area contributed by atoms with Gasteiger partial charge in [-0.3, -0.25) is 14.5 Å². The summed E-state index contributed by atoms with van der Waals surface area (Å²) in [7, 11) is 0. The fraction of sp³-hybridized carbons (Fsp3) is 0.636. The van der Waals surface area contributed by atoms with Crippen molar-refractivity contribution < 1.29 is 4.79 Å². The molecule has 0 aromatic carbocycles. The Kier molecular flexibility index (Phi) is 5.48. The third-order valence-corrected chi connectivity index (χ3v) is 6.72. The highest BCUT2D eigenvalue weighted by atomic mass is 16.1. The second-order valence-electron chi connectivity index (χ2n) is 8.58. The van der Waals surface area contributed by atoms with Gasteiger partial charge in [0.05, 0.1) is 6.04 Å². The number of rotatable bonds is 6. The molecular weight excluding hydrogens is 338 g/mol. The Labute approximate surface area is 161 Å². The predicted octanol–water partition coefficient (Wildman–Crippen LogP) is 2.69. The molecule has 3 heterocycles. The number of hydrogen-bond donors (Lipinski definition) is 1. The molecule has 1 aromatic rings. The summed E-state index contributed by atoms with van der Waals surface area (Å²) in [4.78, 5) is 27.5. The fourth-order valence-electron chi connectivity index (χ4n) is 5.50. The average Bonchev–Trinajstić information content (AvgIpc) is 3.15. The summed E-state index contributed by atoms with van der Waals surface area (Å²) in [6, 6.07) is 5.66. The Hall–Kier alpha value is -1.88. The van der Waals surface area contributed by atoms with Gasteiger partial charge < -0.3 is 9.88 Å².